The van der Waals surface area contributed by atoms with E-state index in [4.69, 9.17) is 0 Å². The molecule has 2 heteroatoms. The summed E-state index contributed by atoms with van der Waals surface area (Å²) in [6, 6.07) is 9.91. The first-order valence-electron chi connectivity index (χ1n) is 4.52. The minimum absolute atomic E-state index is 0. The van der Waals surface area contributed by atoms with Gasteiger partial charge in [-0.25, -0.2) is 0 Å². The molecule has 0 aliphatic carbocycles. The number of rotatable bonds is 3. The van der Waals surface area contributed by atoms with Crippen LogP contribution in [0.1, 0.15) is 20.8 Å². The first-order chi connectivity index (χ1) is 6.20. The maximum atomic E-state index is 11.2. The lowest BCUT2D eigenvalue weighted by molar-refractivity contribution is -0.124. The van der Waals surface area contributed by atoms with Gasteiger partial charge in [0.1, 0.15) is 0 Å². The lowest BCUT2D eigenvalue weighted by Crippen LogP contribution is -2.26. The summed E-state index contributed by atoms with van der Waals surface area (Å²) in [5, 5.41) is 2.86. The quantitative estimate of drug-likeness (QED) is 0.757. The monoisotopic (exact) mass is 179 g/mol. The van der Waals surface area contributed by atoms with Crippen LogP contribution in [0.2, 0.25) is 0 Å². The van der Waals surface area contributed by atoms with Crippen LogP contribution in [0.25, 0.3) is 0 Å². The van der Waals surface area contributed by atoms with Crippen molar-refractivity contribution in [2.24, 2.45) is 5.92 Å². The van der Waals surface area contributed by atoms with Crippen molar-refractivity contribution in [1.29, 1.82) is 0 Å². The van der Waals surface area contributed by atoms with E-state index < -0.39 is 0 Å². The van der Waals surface area contributed by atoms with Crippen molar-refractivity contribution in [3.8, 4) is 0 Å². The lowest BCUT2D eigenvalue weighted by atomic mass is 10.2. The van der Waals surface area contributed by atoms with E-state index in [-0.39, 0.29) is 13.3 Å². The Hall–Kier alpha value is -1.31. The molecule has 0 saturated carbocycles. The highest BCUT2D eigenvalue weighted by molar-refractivity contribution is 5.77. The van der Waals surface area contributed by atoms with Crippen molar-refractivity contribution >= 4 is 5.91 Å². The molecule has 13 heavy (non-hydrogen) atoms. The third-order valence-electron chi connectivity index (χ3n) is 1.83. The van der Waals surface area contributed by atoms with E-state index in [1.165, 1.54) is 0 Å². The van der Waals surface area contributed by atoms with Gasteiger partial charge in [0.25, 0.3) is 0 Å². The van der Waals surface area contributed by atoms with E-state index in [9.17, 15) is 4.79 Å². The molecule has 1 N–H and O–H groups in total. The summed E-state index contributed by atoms with van der Waals surface area (Å²) in [5.41, 5.74) is 1.14. The number of benzene rings is 1. The maximum Gasteiger partial charge on any atom is 0.222 e. The van der Waals surface area contributed by atoms with Crippen molar-refractivity contribution in [2.45, 2.75) is 20.4 Å². The average Bonchev–Trinajstić information content (AvgIpc) is 2.15. The Kier molecular flexibility index (Phi) is 3.50. The van der Waals surface area contributed by atoms with Crippen LogP contribution in [-0.2, 0) is 11.3 Å². The van der Waals surface area contributed by atoms with Gasteiger partial charge in [0.2, 0.25) is 5.91 Å². The number of hydrogen-bond donors (Lipinski definition) is 1. The summed E-state index contributed by atoms with van der Waals surface area (Å²) >= 11 is 0. The van der Waals surface area contributed by atoms with Crippen LogP contribution >= 0.6 is 0 Å². The molecule has 0 fully saturated rings. The van der Waals surface area contributed by atoms with Gasteiger partial charge in [-0.15, -0.1) is 0 Å². The zero-order chi connectivity index (χ0) is 9.68. The van der Waals surface area contributed by atoms with Crippen molar-refractivity contribution in [3.05, 3.63) is 35.9 Å². The average molecular weight is 179 g/mol. The van der Waals surface area contributed by atoms with Crippen LogP contribution in [0.3, 0.4) is 0 Å². The molecule has 1 aromatic rings. The summed E-state index contributed by atoms with van der Waals surface area (Å²) in [6.45, 7) is 4.40. The van der Waals surface area contributed by atoms with Crippen LogP contribution in [0.5, 0.6) is 0 Å². The topological polar surface area (TPSA) is 29.1 Å². The van der Waals surface area contributed by atoms with Crippen molar-refractivity contribution < 1.29 is 6.22 Å². The minimum atomic E-state index is 0. The smallest absolute Gasteiger partial charge is 0.222 e. The summed E-state index contributed by atoms with van der Waals surface area (Å²) < 4.78 is 0. The van der Waals surface area contributed by atoms with Crippen LogP contribution in [0, 0.1) is 5.92 Å². The van der Waals surface area contributed by atoms with Crippen LogP contribution in [0.15, 0.2) is 30.3 Å². The van der Waals surface area contributed by atoms with Gasteiger partial charge in [-0.3, -0.25) is 4.79 Å². The molecule has 1 rings (SSSR count). The molecule has 0 unspecified atom stereocenters. The fraction of sp³-hybridized carbons (Fsp3) is 0.364. The summed E-state index contributed by atoms with van der Waals surface area (Å²) in [4.78, 5) is 11.2. The molecule has 1 amide bonds. The van der Waals surface area contributed by atoms with Gasteiger partial charge in [0, 0.05) is 13.9 Å². The standard InChI is InChI=1S/C11H15NO.H2/c1-9(2)11(13)12-8-10-6-4-3-5-7-10;/h3-7,9H,8H2,1-2H3,(H,12,13);1H. The van der Waals surface area contributed by atoms with Gasteiger partial charge in [-0.05, 0) is 5.56 Å². The molecule has 0 bridgehead atoms. The van der Waals surface area contributed by atoms with Crippen LogP contribution < -0.4 is 5.32 Å². The molecule has 0 saturated heterocycles. The molecule has 72 valence electrons. The molecule has 0 aliphatic rings. The van der Waals surface area contributed by atoms with Crippen molar-refractivity contribution in [1.82, 2.24) is 5.32 Å². The van der Waals surface area contributed by atoms with Gasteiger partial charge < -0.3 is 5.32 Å². The van der Waals surface area contributed by atoms with E-state index in [1.807, 2.05) is 44.2 Å². The number of nitrogens with one attached hydrogen (secondary N) is 1. The molecule has 2 nitrogen and oxygen atoms in total. The third-order valence-corrected chi connectivity index (χ3v) is 1.83. The minimum Gasteiger partial charge on any atom is -0.352 e. The Morgan fingerprint density at radius 3 is 2.54 bits per heavy atom. The highest BCUT2D eigenvalue weighted by atomic mass is 16.1. The van der Waals surface area contributed by atoms with E-state index in [0.29, 0.717) is 6.54 Å². The summed E-state index contributed by atoms with van der Waals surface area (Å²) in [6.07, 6.45) is 0. The van der Waals surface area contributed by atoms with Gasteiger partial charge >= 0.3 is 0 Å². The maximum absolute atomic E-state index is 11.2. The number of carbonyl (C=O) groups is 1. The fourth-order valence-electron chi connectivity index (χ4n) is 0.989. The van der Waals surface area contributed by atoms with Gasteiger partial charge in [-0.2, -0.15) is 0 Å². The molecule has 0 spiro atoms. The van der Waals surface area contributed by atoms with E-state index in [2.05, 4.69) is 5.32 Å². The highest BCUT2D eigenvalue weighted by Gasteiger charge is 2.04. The Morgan fingerprint density at radius 2 is 2.00 bits per heavy atom. The SMILES string of the molecule is CC(C)C(=O)NCc1ccccc1.[HH]. The van der Waals surface area contributed by atoms with Crippen molar-refractivity contribution in [3.63, 3.8) is 0 Å². The highest BCUT2D eigenvalue weighted by Crippen LogP contribution is 1.98. The Morgan fingerprint density at radius 1 is 1.38 bits per heavy atom. The number of carbonyl (C=O) groups excluding carboxylic acids is 1. The predicted octanol–water partition coefficient (Wildman–Crippen LogP) is 2.20. The zero-order valence-corrected chi connectivity index (χ0v) is 8.08. The summed E-state index contributed by atoms with van der Waals surface area (Å²) in [5.74, 6) is 0.160. The van der Waals surface area contributed by atoms with Crippen LogP contribution in [-0.4, -0.2) is 5.91 Å². The molecule has 0 radical (unpaired) electrons. The third kappa shape index (κ3) is 3.28. The molecule has 1 aromatic carbocycles. The predicted molar refractivity (Wildman–Crippen MR) is 55.2 cm³/mol. The van der Waals surface area contributed by atoms with E-state index >= 15 is 0 Å². The second-order valence-corrected chi connectivity index (χ2v) is 3.36. The fourth-order valence-corrected chi connectivity index (χ4v) is 0.989. The molecule has 0 atom stereocenters. The largest absolute Gasteiger partial charge is 0.352 e. The molecule has 0 aromatic heterocycles. The summed E-state index contributed by atoms with van der Waals surface area (Å²) in [7, 11) is 0. The lowest BCUT2D eigenvalue weighted by Gasteiger charge is -2.06. The van der Waals surface area contributed by atoms with E-state index in [1.54, 1.807) is 0 Å². The van der Waals surface area contributed by atoms with E-state index in [0.717, 1.165) is 5.56 Å². The molecular weight excluding hydrogens is 162 g/mol. The van der Waals surface area contributed by atoms with Gasteiger partial charge in [-0.1, -0.05) is 44.2 Å². The molecular formula is C11H17NO. The van der Waals surface area contributed by atoms with Crippen LogP contribution in [0.4, 0.5) is 0 Å². The van der Waals surface area contributed by atoms with Gasteiger partial charge in [0.15, 0.2) is 0 Å². The Bertz CT molecular complexity index is 272. The Labute approximate surface area is 80.5 Å². The molecule has 0 heterocycles. The van der Waals surface area contributed by atoms with Gasteiger partial charge in [0.05, 0.1) is 0 Å². The zero-order valence-electron chi connectivity index (χ0n) is 8.08. The normalized spacial score (nSPS) is 10.1. The first-order valence-corrected chi connectivity index (χ1v) is 4.52. The Balaban J connectivity index is 0.00000169. The second-order valence-electron chi connectivity index (χ2n) is 3.36. The number of hydrogen-bond acceptors (Lipinski definition) is 1. The molecule has 0 aliphatic heterocycles. The second kappa shape index (κ2) is 4.65. The van der Waals surface area contributed by atoms with Crippen molar-refractivity contribution in [2.75, 3.05) is 0 Å². The number of amides is 1. The first kappa shape index (κ1) is 9.78.